The molecule has 0 bridgehead atoms. The first-order valence-electron chi connectivity index (χ1n) is 7.58. The van der Waals surface area contributed by atoms with Gasteiger partial charge in [-0.3, -0.25) is 4.79 Å². The third-order valence-corrected chi connectivity index (χ3v) is 2.89. The lowest BCUT2D eigenvalue weighted by atomic mass is 10.1. The number of carboxylic acid groups (broad SMARTS) is 1. The van der Waals surface area contributed by atoms with Crippen molar-refractivity contribution in [1.82, 2.24) is 5.32 Å². The molecule has 0 saturated heterocycles. The molecule has 23 heavy (non-hydrogen) atoms. The summed E-state index contributed by atoms with van der Waals surface area (Å²) in [5.41, 5.74) is 1.38. The van der Waals surface area contributed by atoms with Crippen LogP contribution in [-0.2, 0) is 16.0 Å². The zero-order valence-corrected chi connectivity index (χ0v) is 14.1. The molecule has 0 unspecified atom stereocenters. The van der Waals surface area contributed by atoms with E-state index in [4.69, 9.17) is 14.6 Å². The number of carbonyl (C=O) groups excluding carboxylic acids is 1. The number of alkyl carbamates (subject to hydrolysis) is 1. The highest BCUT2D eigenvalue weighted by Crippen LogP contribution is 2.19. The number of aryl methyl sites for hydroxylation is 2. The monoisotopic (exact) mass is 323 g/mol. The molecule has 6 heteroatoms. The molecule has 6 nitrogen and oxygen atoms in total. The van der Waals surface area contributed by atoms with Gasteiger partial charge in [0, 0.05) is 6.42 Å². The van der Waals surface area contributed by atoms with E-state index in [1.54, 1.807) is 20.8 Å². The summed E-state index contributed by atoms with van der Waals surface area (Å²) in [5.74, 6) is -0.0914. The molecule has 0 aliphatic rings. The van der Waals surface area contributed by atoms with Gasteiger partial charge in [0.15, 0.2) is 0 Å². The highest BCUT2D eigenvalue weighted by Gasteiger charge is 2.15. The second-order valence-corrected chi connectivity index (χ2v) is 6.27. The van der Waals surface area contributed by atoms with Crippen molar-refractivity contribution in [2.45, 2.75) is 46.1 Å². The van der Waals surface area contributed by atoms with Crippen molar-refractivity contribution in [3.05, 3.63) is 29.3 Å². The predicted molar refractivity (Wildman–Crippen MR) is 86.9 cm³/mol. The molecule has 1 aromatic rings. The fraction of sp³-hybridized carbons (Fsp3) is 0.529. The third-order valence-electron chi connectivity index (χ3n) is 2.89. The largest absolute Gasteiger partial charge is 0.491 e. The van der Waals surface area contributed by atoms with E-state index in [0.717, 1.165) is 16.9 Å². The van der Waals surface area contributed by atoms with Gasteiger partial charge in [0.25, 0.3) is 0 Å². The Morgan fingerprint density at radius 1 is 1.26 bits per heavy atom. The van der Waals surface area contributed by atoms with Crippen LogP contribution in [0.2, 0.25) is 0 Å². The number of rotatable bonds is 7. The lowest BCUT2D eigenvalue weighted by Crippen LogP contribution is -2.34. The third kappa shape index (κ3) is 8.09. The van der Waals surface area contributed by atoms with E-state index in [1.165, 1.54) is 0 Å². The summed E-state index contributed by atoms with van der Waals surface area (Å²) >= 11 is 0. The molecule has 0 atom stereocenters. The SMILES string of the molecule is Cc1cc(CCC(=O)O)ccc1OCCNC(=O)OC(C)(C)C. The first-order valence-corrected chi connectivity index (χ1v) is 7.58. The lowest BCUT2D eigenvalue weighted by Gasteiger charge is -2.19. The summed E-state index contributed by atoms with van der Waals surface area (Å²) in [6.07, 6.45) is 0.137. The Morgan fingerprint density at radius 2 is 1.96 bits per heavy atom. The van der Waals surface area contributed by atoms with Crippen molar-refractivity contribution in [3.63, 3.8) is 0 Å². The highest BCUT2D eigenvalue weighted by atomic mass is 16.6. The van der Waals surface area contributed by atoms with Gasteiger partial charge in [-0.15, -0.1) is 0 Å². The maximum Gasteiger partial charge on any atom is 0.407 e. The van der Waals surface area contributed by atoms with Crippen molar-refractivity contribution in [3.8, 4) is 5.75 Å². The Morgan fingerprint density at radius 3 is 2.52 bits per heavy atom. The number of benzene rings is 1. The smallest absolute Gasteiger partial charge is 0.407 e. The lowest BCUT2D eigenvalue weighted by molar-refractivity contribution is -0.136. The summed E-state index contributed by atoms with van der Waals surface area (Å²) in [7, 11) is 0. The summed E-state index contributed by atoms with van der Waals surface area (Å²) in [6.45, 7) is 7.99. The Bertz CT molecular complexity index is 548. The number of hydrogen-bond donors (Lipinski definition) is 2. The maximum atomic E-state index is 11.5. The van der Waals surface area contributed by atoms with Crippen LogP contribution in [0.3, 0.4) is 0 Å². The van der Waals surface area contributed by atoms with Crippen molar-refractivity contribution in [2.75, 3.05) is 13.2 Å². The summed E-state index contributed by atoms with van der Waals surface area (Å²) in [5, 5.41) is 11.3. The normalized spacial score (nSPS) is 11.0. The Hall–Kier alpha value is -2.24. The Labute approximate surface area is 136 Å². The maximum absolute atomic E-state index is 11.5. The van der Waals surface area contributed by atoms with E-state index < -0.39 is 17.7 Å². The van der Waals surface area contributed by atoms with E-state index in [2.05, 4.69) is 5.32 Å². The highest BCUT2D eigenvalue weighted by molar-refractivity contribution is 5.67. The molecule has 2 N–H and O–H groups in total. The van der Waals surface area contributed by atoms with Crippen LogP contribution >= 0.6 is 0 Å². The van der Waals surface area contributed by atoms with Gasteiger partial charge in [0.2, 0.25) is 0 Å². The zero-order valence-electron chi connectivity index (χ0n) is 14.1. The molecule has 1 rings (SSSR count). The first kappa shape index (κ1) is 18.8. The second-order valence-electron chi connectivity index (χ2n) is 6.27. The Kier molecular flexibility index (Phi) is 6.88. The predicted octanol–water partition coefficient (Wildman–Crippen LogP) is 2.92. The van der Waals surface area contributed by atoms with Gasteiger partial charge in [0.1, 0.15) is 18.0 Å². The van der Waals surface area contributed by atoms with E-state index in [-0.39, 0.29) is 6.42 Å². The second kappa shape index (κ2) is 8.41. The van der Waals surface area contributed by atoms with Crippen molar-refractivity contribution in [2.24, 2.45) is 0 Å². The van der Waals surface area contributed by atoms with Crippen LogP contribution in [0.5, 0.6) is 5.75 Å². The molecule has 0 fully saturated rings. The van der Waals surface area contributed by atoms with E-state index >= 15 is 0 Å². The van der Waals surface area contributed by atoms with E-state index in [1.807, 2.05) is 25.1 Å². The van der Waals surface area contributed by atoms with Gasteiger partial charge >= 0.3 is 12.1 Å². The number of amides is 1. The summed E-state index contributed by atoms with van der Waals surface area (Å²) in [4.78, 5) is 22.0. The molecule has 0 spiro atoms. The number of carboxylic acids is 1. The molecule has 0 aromatic heterocycles. The number of nitrogens with one attached hydrogen (secondary N) is 1. The van der Waals surface area contributed by atoms with Crippen molar-refractivity contribution in [1.29, 1.82) is 0 Å². The minimum Gasteiger partial charge on any atom is -0.491 e. The van der Waals surface area contributed by atoms with E-state index in [0.29, 0.717) is 19.6 Å². The van der Waals surface area contributed by atoms with Gasteiger partial charge in [-0.2, -0.15) is 0 Å². The topological polar surface area (TPSA) is 84.9 Å². The molecule has 0 radical (unpaired) electrons. The molecular formula is C17H25NO5. The van der Waals surface area contributed by atoms with Crippen LogP contribution in [0.1, 0.15) is 38.3 Å². The fourth-order valence-corrected chi connectivity index (χ4v) is 1.91. The minimum atomic E-state index is -0.809. The average Bonchev–Trinajstić information content (AvgIpc) is 2.41. The van der Waals surface area contributed by atoms with Crippen molar-refractivity contribution < 1.29 is 24.2 Å². The minimum absolute atomic E-state index is 0.111. The van der Waals surface area contributed by atoms with E-state index in [9.17, 15) is 9.59 Å². The number of ether oxygens (including phenoxy) is 2. The quantitative estimate of drug-likeness (QED) is 0.754. The average molecular weight is 323 g/mol. The molecule has 0 saturated carbocycles. The van der Waals surface area contributed by atoms with Crippen LogP contribution in [0, 0.1) is 6.92 Å². The number of hydrogen-bond acceptors (Lipinski definition) is 4. The Balaban J connectivity index is 2.38. The number of carbonyl (C=O) groups is 2. The molecule has 0 aliphatic carbocycles. The van der Waals surface area contributed by atoms with Gasteiger partial charge in [-0.25, -0.2) is 4.79 Å². The molecule has 0 heterocycles. The fourth-order valence-electron chi connectivity index (χ4n) is 1.91. The van der Waals surface area contributed by atoms with Crippen LogP contribution in [0.15, 0.2) is 18.2 Å². The summed E-state index contributed by atoms with van der Waals surface area (Å²) in [6, 6.07) is 5.59. The van der Waals surface area contributed by atoms with Gasteiger partial charge in [-0.05, 0) is 51.3 Å². The van der Waals surface area contributed by atoms with Gasteiger partial charge in [-0.1, -0.05) is 12.1 Å². The molecule has 1 amide bonds. The molecule has 1 aromatic carbocycles. The van der Waals surface area contributed by atoms with Crippen LogP contribution < -0.4 is 10.1 Å². The zero-order chi connectivity index (χ0) is 17.5. The van der Waals surface area contributed by atoms with Crippen LogP contribution in [-0.4, -0.2) is 35.9 Å². The van der Waals surface area contributed by atoms with Gasteiger partial charge in [0.05, 0.1) is 6.54 Å². The van der Waals surface area contributed by atoms with Crippen LogP contribution in [0.25, 0.3) is 0 Å². The summed E-state index contributed by atoms with van der Waals surface area (Å²) < 4.78 is 10.7. The van der Waals surface area contributed by atoms with Crippen LogP contribution in [0.4, 0.5) is 4.79 Å². The molecule has 128 valence electrons. The standard InChI is InChI=1S/C17H25NO5/c1-12-11-13(6-8-15(19)20)5-7-14(12)22-10-9-18-16(21)23-17(2,3)4/h5,7,11H,6,8-10H2,1-4H3,(H,18,21)(H,19,20). The first-order chi connectivity index (χ1) is 10.7. The number of aliphatic carboxylic acids is 1. The van der Waals surface area contributed by atoms with Gasteiger partial charge < -0.3 is 19.9 Å². The molecular weight excluding hydrogens is 298 g/mol. The van der Waals surface area contributed by atoms with Crippen molar-refractivity contribution >= 4 is 12.1 Å². The molecule has 0 aliphatic heterocycles.